The monoisotopic (exact) mass is 356 g/mol. The lowest BCUT2D eigenvalue weighted by molar-refractivity contribution is -0.153. The van der Waals surface area contributed by atoms with E-state index in [4.69, 9.17) is 16.3 Å². The summed E-state index contributed by atoms with van der Waals surface area (Å²) in [6.45, 7) is 1.90. The van der Waals surface area contributed by atoms with Gasteiger partial charge < -0.3 is 10.1 Å². The molecule has 0 fully saturated rings. The number of carbonyl (C=O) groups excluding carboxylic acids is 2. The maximum atomic E-state index is 12.6. The fourth-order valence-corrected chi connectivity index (χ4v) is 2.85. The van der Waals surface area contributed by atoms with E-state index < -0.39 is 23.8 Å². The van der Waals surface area contributed by atoms with Gasteiger partial charge in [-0.3, -0.25) is 14.6 Å². The fraction of sp³-hybridized carbons (Fsp3) is 0.211. The van der Waals surface area contributed by atoms with Crippen LogP contribution >= 0.6 is 11.6 Å². The molecule has 6 heteroatoms. The van der Waals surface area contributed by atoms with Crippen LogP contribution in [-0.2, 0) is 14.3 Å². The number of amidine groups is 1. The summed E-state index contributed by atoms with van der Waals surface area (Å²) in [6.07, 6.45) is 0. The topological polar surface area (TPSA) is 67.8 Å². The van der Waals surface area contributed by atoms with Gasteiger partial charge in [0.25, 0.3) is 0 Å². The number of nitrogens with one attached hydrogen (secondary N) is 1. The Balaban J connectivity index is 2.05. The third kappa shape index (κ3) is 3.72. The first-order valence-corrected chi connectivity index (χ1v) is 8.34. The van der Waals surface area contributed by atoms with Gasteiger partial charge >= 0.3 is 5.97 Å². The average Bonchev–Trinajstić information content (AvgIpc) is 2.62. The van der Waals surface area contributed by atoms with Crippen LogP contribution in [0.5, 0.6) is 0 Å². The third-order valence-electron chi connectivity index (χ3n) is 3.91. The lowest BCUT2D eigenvalue weighted by Gasteiger charge is -2.28. The molecule has 0 unspecified atom stereocenters. The van der Waals surface area contributed by atoms with Gasteiger partial charge in [-0.25, -0.2) is 0 Å². The van der Waals surface area contributed by atoms with Crippen molar-refractivity contribution in [2.45, 2.75) is 13.0 Å². The number of esters is 1. The highest BCUT2D eigenvalue weighted by atomic mass is 35.5. The number of amides is 1. The van der Waals surface area contributed by atoms with Crippen molar-refractivity contribution in [2.24, 2.45) is 10.9 Å². The Morgan fingerprint density at radius 3 is 2.48 bits per heavy atom. The van der Waals surface area contributed by atoms with E-state index in [9.17, 15) is 9.59 Å². The highest BCUT2D eigenvalue weighted by molar-refractivity contribution is 6.30. The molecule has 0 saturated carbocycles. The molecule has 1 N–H and O–H groups in total. The first-order valence-electron chi connectivity index (χ1n) is 7.96. The van der Waals surface area contributed by atoms with Crippen molar-refractivity contribution >= 4 is 29.3 Å². The molecule has 2 aromatic carbocycles. The first-order chi connectivity index (χ1) is 12.1. The van der Waals surface area contributed by atoms with Crippen molar-refractivity contribution in [3.05, 3.63) is 70.7 Å². The molecule has 0 aliphatic carbocycles. The van der Waals surface area contributed by atoms with Crippen LogP contribution in [-0.4, -0.2) is 24.3 Å². The zero-order chi connectivity index (χ0) is 17.8. The summed E-state index contributed by atoms with van der Waals surface area (Å²) in [5, 5.41) is 3.29. The molecule has 1 amide bonds. The molecule has 1 aliphatic heterocycles. The second-order valence-electron chi connectivity index (χ2n) is 5.56. The van der Waals surface area contributed by atoms with Gasteiger partial charge in [0.15, 0.2) is 5.92 Å². The summed E-state index contributed by atoms with van der Waals surface area (Å²) in [6, 6.07) is 15.6. The van der Waals surface area contributed by atoms with Crippen LogP contribution in [0, 0.1) is 5.92 Å². The summed E-state index contributed by atoms with van der Waals surface area (Å²) in [5.41, 5.74) is 1.50. The van der Waals surface area contributed by atoms with Gasteiger partial charge in [-0.2, -0.15) is 0 Å². The Morgan fingerprint density at radius 1 is 1.16 bits per heavy atom. The van der Waals surface area contributed by atoms with Crippen molar-refractivity contribution in [3.63, 3.8) is 0 Å². The number of benzene rings is 2. The van der Waals surface area contributed by atoms with Crippen molar-refractivity contribution in [2.75, 3.05) is 6.61 Å². The van der Waals surface area contributed by atoms with Crippen LogP contribution in [0.25, 0.3) is 0 Å². The van der Waals surface area contributed by atoms with Crippen LogP contribution in [0.4, 0.5) is 0 Å². The van der Waals surface area contributed by atoms with Crippen molar-refractivity contribution in [1.82, 2.24) is 5.32 Å². The number of carbonyl (C=O) groups is 2. The minimum absolute atomic E-state index is 0.200. The van der Waals surface area contributed by atoms with E-state index in [-0.39, 0.29) is 6.61 Å². The molecule has 5 nitrogen and oxygen atoms in total. The van der Waals surface area contributed by atoms with Crippen LogP contribution in [0.3, 0.4) is 0 Å². The Labute approximate surface area is 150 Å². The van der Waals surface area contributed by atoms with E-state index in [1.807, 2.05) is 30.3 Å². The molecule has 0 spiro atoms. The van der Waals surface area contributed by atoms with E-state index >= 15 is 0 Å². The number of rotatable bonds is 4. The maximum absolute atomic E-state index is 12.6. The highest BCUT2D eigenvalue weighted by Gasteiger charge is 2.41. The van der Waals surface area contributed by atoms with Crippen molar-refractivity contribution in [3.8, 4) is 0 Å². The van der Waals surface area contributed by atoms with Gasteiger partial charge in [0.05, 0.1) is 12.6 Å². The second kappa shape index (κ2) is 7.49. The Bertz CT molecular complexity index is 803. The molecule has 2 aromatic rings. The number of hydrogen-bond acceptors (Lipinski definition) is 4. The minimum atomic E-state index is -1.03. The lowest BCUT2D eigenvalue weighted by Crippen LogP contribution is -2.47. The molecule has 3 rings (SSSR count). The van der Waals surface area contributed by atoms with E-state index in [0.717, 1.165) is 11.1 Å². The standard InChI is InChI=1S/C19H17ClN2O3/c1-2-25-19(24)15-16(12-8-10-14(20)11-9-12)21-17(22-18(15)23)13-6-4-3-5-7-13/h3-11,15-16H,2H2,1H3,(H,21,22,23)/t15-,16+/m0/s1. The molecule has 0 saturated heterocycles. The van der Waals surface area contributed by atoms with Crippen LogP contribution in [0.1, 0.15) is 24.1 Å². The van der Waals surface area contributed by atoms with Gasteiger partial charge in [0.1, 0.15) is 5.84 Å². The van der Waals surface area contributed by atoms with Gasteiger partial charge in [0.2, 0.25) is 5.91 Å². The number of nitrogens with zero attached hydrogens (tertiary/aromatic N) is 1. The maximum Gasteiger partial charge on any atom is 0.321 e. The number of halogens is 1. The average molecular weight is 357 g/mol. The molecular weight excluding hydrogens is 340 g/mol. The van der Waals surface area contributed by atoms with Gasteiger partial charge in [-0.15, -0.1) is 0 Å². The molecule has 25 heavy (non-hydrogen) atoms. The largest absolute Gasteiger partial charge is 0.465 e. The van der Waals surface area contributed by atoms with E-state index in [1.54, 1.807) is 31.2 Å². The lowest BCUT2D eigenvalue weighted by atomic mass is 9.90. The molecule has 2 atom stereocenters. The van der Waals surface area contributed by atoms with Crippen LogP contribution < -0.4 is 5.32 Å². The number of ether oxygens (including phenoxy) is 1. The Hall–Kier alpha value is -2.66. The molecule has 128 valence electrons. The van der Waals surface area contributed by atoms with E-state index in [0.29, 0.717) is 10.9 Å². The zero-order valence-corrected chi connectivity index (χ0v) is 14.4. The number of aliphatic imine (C=N–C) groups is 1. The zero-order valence-electron chi connectivity index (χ0n) is 13.6. The van der Waals surface area contributed by atoms with E-state index in [2.05, 4.69) is 10.3 Å². The molecular formula is C19H17ClN2O3. The van der Waals surface area contributed by atoms with Gasteiger partial charge in [-0.05, 0) is 24.6 Å². The quantitative estimate of drug-likeness (QED) is 0.676. The van der Waals surface area contributed by atoms with Crippen molar-refractivity contribution < 1.29 is 14.3 Å². The van der Waals surface area contributed by atoms with Crippen molar-refractivity contribution in [1.29, 1.82) is 0 Å². The molecule has 0 radical (unpaired) electrons. The molecule has 0 bridgehead atoms. The van der Waals surface area contributed by atoms with E-state index in [1.165, 1.54) is 0 Å². The summed E-state index contributed by atoms with van der Waals surface area (Å²) in [5.74, 6) is -1.61. The Morgan fingerprint density at radius 2 is 1.84 bits per heavy atom. The van der Waals surface area contributed by atoms with Crippen LogP contribution in [0.2, 0.25) is 5.02 Å². The summed E-state index contributed by atoms with van der Waals surface area (Å²) in [7, 11) is 0. The first kappa shape index (κ1) is 17.2. The normalized spacial score (nSPS) is 19.8. The van der Waals surface area contributed by atoms with Crippen LogP contribution in [0.15, 0.2) is 59.6 Å². The third-order valence-corrected chi connectivity index (χ3v) is 4.16. The predicted molar refractivity (Wildman–Crippen MR) is 95.4 cm³/mol. The highest BCUT2D eigenvalue weighted by Crippen LogP contribution is 2.32. The molecule has 0 aromatic heterocycles. The minimum Gasteiger partial charge on any atom is -0.465 e. The van der Waals surface area contributed by atoms with Gasteiger partial charge in [-0.1, -0.05) is 54.1 Å². The summed E-state index contributed by atoms with van der Waals surface area (Å²) < 4.78 is 5.07. The SMILES string of the molecule is CCOC(=O)[C@@H]1C(=O)NC(c2ccccc2)=N[C@@H]1c1ccc(Cl)cc1. The Kier molecular flexibility index (Phi) is 5.14. The number of hydrogen-bond donors (Lipinski definition) is 1. The predicted octanol–water partition coefficient (Wildman–Crippen LogP) is 3.14. The second-order valence-corrected chi connectivity index (χ2v) is 6.00. The smallest absolute Gasteiger partial charge is 0.321 e. The summed E-state index contributed by atoms with van der Waals surface area (Å²) >= 11 is 5.95. The van der Waals surface area contributed by atoms with Gasteiger partial charge in [0, 0.05) is 10.6 Å². The summed E-state index contributed by atoms with van der Waals surface area (Å²) in [4.78, 5) is 29.6. The molecule has 1 aliphatic rings. The molecule has 1 heterocycles. The fourth-order valence-electron chi connectivity index (χ4n) is 2.72.